The van der Waals surface area contributed by atoms with Gasteiger partial charge in [0.15, 0.2) is 11.5 Å². The lowest BCUT2D eigenvalue weighted by Gasteiger charge is -2.13. The summed E-state index contributed by atoms with van der Waals surface area (Å²) in [6.45, 7) is 1.45. The molecule has 1 aliphatic rings. The molecule has 1 saturated heterocycles. The van der Waals surface area contributed by atoms with Crippen molar-refractivity contribution in [3.8, 4) is 11.5 Å². The smallest absolute Gasteiger partial charge is 0.161 e. The topological polar surface area (TPSA) is 27.7 Å². The molecule has 1 aromatic rings. The molecule has 0 saturated carbocycles. The number of methoxy groups -OCH3 is 1. The van der Waals surface area contributed by atoms with Crippen LogP contribution in [-0.2, 0) is 4.74 Å². The van der Waals surface area contributed by atoms with Crippen LogP contribution in [-0.4, -0.2) is 26.4 Å². The lowest BCUT2D eigenvalue weighted by atomic mass is 10.2. The predicted molar refractivity (Wildman–Crippen MR) is 56.3 cm³/mol. The van der Waals surface area contributed by atoms with Crippen LogP contribution in [0.25, 0.3) is 0 Å². The summed E-state index contributed by atoms with van der Waals surface area (Å²) in [7, 11) is 1.63. The third kappa shape index (κ3) is 2.63. The normalized spacial score (nSPS) is 20.2. The molecule has 1 aliphatic heterocycles. The van der Waals surface area contributed by atoms with Gasteiger partial charge in [0.05, 0.1) is 13.2 Å². The van der Waals surface area contributed by atoms with Crippen LogP contribution in [0.3, 0.4) is 0 Å². The highest BCUT2D eigenvalue weighted by atomic mass is 16.5. The summed E-state index contributed by atoms with van der Waals surface area (Å²) in [5.74, 6) is 1.47. The Morgan fingerprint density at radius 1 is 1.53 bits per heavy atom. The first kappa shape index (κ1) is 10.3. The van der Waals surface area contributed by atoms with Crippen LogP contribution >= 0.6 is 0 Å². The Hall–Kier alpha value is -1.22. The monoisotopic (exact) mass is 207 g/mol. The average Bonchev–Trinajstić information content (AvgIpc) is 2.79. The summed E-state index contributed by atoms with van der Waals surface area (Å²) in [5.41, 5.74) is 0. The maximum atomic E-state index is 5.64. The molecule has 3 heteroatoms. The van der Waals surface area contributed by atoms with Gasteiger partial charge in [-0.1, -0.05) is 6.07 Å². The van der Waals surface area contributed by atoms with E-state index in [0.29, 0.717) is 6.61 Å². The quantitative estimate of drug-likeness (QED) is 0.756. The van der Waals surface area contributed by atoms with Crippen LogP contribution in [0.4, 0.5) is 0 Å². The number of hydrogen-bond acceptors (Lipinski definition) is 3. The molecular formula is C12H15O3. The molecule has 1 atom stereocenters. The Morgan fingerprint density at radius 2 is 2.47 bits per heavy atom. The van der Waals surface area contributed by atoms with Gasteiger partial charge in [-0.3, -0.25) is 0 Å². The maximum absolute atomic E-state index is 5.64. The first-order valence-electron chi connectivity index (χ1n) is 5.18. The molecule has 0 aliphatic carbocycles. The molecule has 1 aromatic carbocycles. The summed E-state index contributed by atoms with van der Waals surface area (Å²) in [4.78, 5) is 0. The molecule has 2 rings (SSSR count). The van der Waals surface area contributed by atoms with Gasteiger partial charge in [-0.2, -0.15) is 0 Å². The summed E-state index contributed by atoms with van der Waals surface area (Å²) in [6.07, 6.45) is 2.45. The van der Waals surface area contributed by atoms with Crippen molar-refractivity contribution in [1.29, 1.82) is 0 Å². The van der Waals surface area contributed by atoms with Crippen LogP contribution in [0.2, 0.25) is 0 Å². The number of ether oxygens (including phenoxy) is 3. The van der Waals surface area contributed by atoms with Crippen LogP contribution in [0, 0.1) is 6.07 Å². The third-order valence-corrected chi connectivity index (χ3v) is 2.46. The second-order valence-electron chi connectivity index (χ2n) is 3.52. The van der Waals surface area contributed by atoms with Crippen molar-refractivity contribution in [2.75, 3.05) is 20.3 Å². The van der Waals surface area contributed by atoms with Crippen molar-refractivity contribution in [2.45, 2.75) is 18.9 Å². The largest absolute Gasteiger partial charge is 0.493 e. The zero-order valence-electron chi connectivity index (χ0n) is 8.86. The van der Waals surface area contributed by atoms with Crippen molar-refractivity contribution in [3.05, 3.63) is 24.3 Å². The van der Waals surface area contributed by atoms with E-state index in [1.54, 1.807) is 13.2 Å². The highest BCUT2D eigenvalue weighted by Gasteiger charge is 2.16. The van der Waals surface area contributed by atoms with Gasteiger partial charge < -0.3 is 14.2 Å². The minimum Gasteiger partial charge on any atom is -0.493 e. The average molecular weight is 207 g/mol. The summed E-state index contributed by atoms with van der Waals surface area (Å²) < 4.78 is 16.3. The highest BCUT2D eigenvalue weighted by Crippen LogP contribution is 2.26. The minimum atomic E-state index is 0.235. The molecule has 1 unspecified atom stereocenters. The number of benzene rings is 1. The second-order valence-corrected chi connectivity index (χ2v) is 3.52. The van der Waals surface area contributed by atoms with Gasteiger partial charge in [-0.15, -0.1) is 0 Å². The molecule has 81 valence electrons. The highest BCUT2D eigenvalue weighted by molar-refractivity contribution is 5.38. The van der Waals surface area contributed by atoms with E-state index in [1.807, 2.05) is 12.1 Å². The van der Waals surface area contributed by atoms with Gasteiger partial charge in [0.1, 0.15) is 6.61 Å². The van der Waals surface area contributed by atoms with Gasteiger partial charge in [0.2, 0.25) is 0 Å². The predicted octanol–water partition coefficient (Wildman–Crippen LogP) is 2.05. The van der Waals surface area contributed by atoms with Gasteiger partial charge >= 0.3 is 0 Å². The van der Waals surface area contributed by atoms with Gasteiger partial charge in [-0.25, -0.2) is 0 Å². The molecule has 1 heterocycles. The zero-order chi connectivity index (χ0) is 10.5. The van der Waals surface area contributed by atoms with Crippen LogP contribution in [0.1, 0.15) is 12.8 Å². The maximum Gasteiger partial charge on any atom is 0.161 e. The van der Waals surface area contributed by atoms with Crippen molar-refractivity contribution in [3.63, 3.8) is 0 Å². The summed E-state index contributed by atoms with van der Waals surface area (Å²) >= 11 is 0. The van der Waals surface area contributed by atoms with Crippen molar-refractivity contribution in [2.24, 2.45) is 0 Å². The summed E-state index contributed by atoms with van der Waals surface area (Å²) in [5, 5.41) is 0. The minimum absolute atomic E-state index is 0.235. The van der Waals surface area contributed by atoms with Crippen molar-refractivity contribution < 1.29 is 14.2 Å². The van der Waals surface area contributed by atoms with E-state index in [9.17, 15) is 0 Å². The fourth-order valence-corrected chi connectivity index (χ4v) is 1.64. The van der Waals surface area contributed by atoms with Gasteiger partial charge in [0.25, 0.3) is 0 Å². The van der Waals surface area contributed by atoms with Crippen molar-refractivity contribution >= 4 is 0 Å². The molecular weight excluding hydrogens is 192 g/mol. The van der Waals surface area contributed by atoms with Crippen molar-refractivity contribution in [1.82, 2.24) is 0 Å². The fourth-order valence-electron chi connectivity index (χ4n) is 1.64. The zero-order valence-corrected chi connectivity index (χ0v) is 8.86. The molecule has 15 heavy (non-hydrogen) atoms. The molecule has 0 spiro atoms. The number of rotatable bonds is 4. The third-order valence-electron chi connectivity index (χ3n) is 2.46. The molecule has 0 N–H and O–H groups in total. The van der Waals surface area contributed by atoms with Crippen LogP contribution < -0.4 is 9.47 Å². The van der Waals surface area contributed by atoms with Gasteiger partial charge in [-0.05, 0) is 31.0 Å². The van der Waals surface area contributed by atoms with E-state index in [2.05, 4.69) is 6.07 Å². The van der Waals surface area contributed by atoms with E-state index < -0.39 is 0 Å². The lowest BCUT2D eigenvalue weighted by molar-refractivity contribution is 0.0670. The Bertz CT molecular complexity index is 305. The van der Waals surface area contributed by atoms with Gasteiger partial charge in [0, 0.05) is 6.61 Å². The standard InChI is InChI=1S/C12H15O3/c1-13-11-6-2-3-7-12(11)15-9-10-5-4-8-14-10/h3,6-7,10H,4-5,8-9H2,1H3. The fraction of sp³-hybridized carbons (Fsp3) is 0.500. The van der Waals surface area contributed by atoms with E-state index in [-0.39, 0.29) is 6.10 Å². The second kappa shape index (κ2) is 5.03. The van der Waals surface area contributed by atoms with E-state index in [1.165, 1.54) is 0 Å². The molecule has 3 nitrogen and oxygen atoms in total. The first-order chi connectivity index (χ1) is 7.40. The molecule has 0 amide bonds. The SMILES string of the molecule is COc1c[c]ccc1OCC1CCCO1. The van der Waals surface area contributed by atoms with E-state index in [0.717, 1.165) is 30.9 Å². The Kier molecular flexibility index (Phi) is 3.45. The Morgan fingerprint density at radius 3 is 3.20 bits per heavy atom. The van der Waals surface area contributed by atoms with Crippen LogP contribution in [0.15, 0.2) is 18.2 Å². The molecule has 1 radical (unpaired) electrons. The molecule has 0 bridgehead atoms. The molecule has 0 aromatic heterocycles. The first-order valence-corrected chi connectivity index (χ1v) is 5.18. The lowest BCUT2D eigenvalue weighted by Crippen LogP contribution is -2.16. The Labute approximate surface area is 90.0 Å². The van der Waals surface area contributed by atoms with E-state index in [4.69, 9.17) is 14.2 Å². The number of hydrogen-bond donors (Lipinski definition) is 0. The van der Waals surface area contributed by atoms with Crippen LogP contribution in [0.5, 0.6) is 11.5 Å². The van der Waals surface area contributed by atoms with E-state index >= 15 is 0 Å². The molecule has 1 fully saturated rings. The Balaban J connectivity index is 1.91. The summed E-state index contributed by atoms with van der Waals surface area (Å²) in [6, 6.07) is 8.38.